The van der Waals surface area contributed by atoms with E-state index < -0.39 is 17.8 Å². The number of ether oxygens (including phenoxy) is 1. The molecule has 2 aromatic carbocycles. The zero-order valence-electron chi connectivity index (χ0n) is 17.2. The van der Waals surface area contributed by atoms with Gasteiger partial charge < -0.3 is 15.4 Å². The van der Waals surface area contributed by atoms with Crippen molar-refractivity contribution in [3.63, 3.8) is 0 Å². The molecule has 2 aromatic heterocycles. The molecule has 0 saturated carbocycles. The van der Waals surface area contributed by atoms with Crippen LogP contribution in [0.2, 0.25) is 0 Å². The summed E-state index contributed by atoms with van der Waals surface area (Å²) in [6.45, 7) is 1.87. The summed E-state index contributed by atoms with van der Waals surface area (Å²) in [7, 11) is 0. The van der Waals surface area contributed by atoms with Crippen LogP contribution in [-0.4, -0.2) is 26.0 Å². The van der Waals surface area contributed by atoms with Crippen molar-refractivity contribution in [2.75, 3.05) is 10.6 Å². The third-order valence-corrected chi connectivity index (χ3v) is 4.40. The molecule has 0 bridgehead atoms. The van der Waals surface area contributed by atoms with Crippen LogP contribution in [0.4, 0.5) is 29.3 Å². The second-order valence-electron chi connectivity index (χ2n) is 6.88. The lowest BCUT2D eigenvalue weighted by atomic mass is 10.1. The number of rotatable bonds is 5. The Kier molecular flexibility index (Phi) is 5.94. The SMILES string of the molecule is Cc1ccn(-c2ccc(Oc3ccc(NC(=O)Nc4ccccc4C(F)(F)F)cc3)nn2)n1. The summed E-state index contributed by atoms with van der Waals surface area (Å²) in [5, 5.41) is 17.0. The number of aryl methyl sites for hydroxylation is 1. The van der Waals surface area contributed by atoms with Crippen LogP contribution in [0.25, 0.3) is 5.82 Å². The van der Waals surface area contributed by atoms with Gasteiger partial charge >= 0.3 is 12.2 Å². The number of benzene rings is 2. The lowest BCUT2D eigenvalue weighted by Crippen LogP contribution is -2.21. The van der Waals surface area contributed by atoms with Crippen LogP contribution >= 0.6 is 0 Å². The van der Waals surface area contributed by atoms with Crippen molar-refractivity contribution in [3.05, 3.63) is 84.2 Å². The van der Waals surface area contributed by atoms with Crippen LogP contribution in [0.1, 0.15) is 11.3 Å². The monoisotopic (exact) mass is 454 g/mol. The van der Waals surface area contributed by atoms with Crippen molar-refractivity contribution in [2.45, 2.75) is 13.1 Å². The average molecular weight is 454 g/mol. The van der Waals surface area contributed by atoms with E-state index in [2.05, 4.69) is 25.9 Å². The van der Waals surface area contributed by atoms with Crippen LogP contribution in [0.3, 0.4) is 0 Å². The van der Waals surface area contributed by atoms with Crippen molar-refractivity contribution in [1.82, 2.24) is 20.0 Å². The van der Waals surface area contributed by atoms with Gasteiger partial charge in [-0.05, 0) is 55.5 Å². The molecule has 4 aromatic rings. The number of urea groups is 1. The maximum Gasteiger partial charge on any atom is 0.418 e. The second-order valence-corrected chi connectivity index (χ2v) is 6.88. The Morgan fingerprint density at radius 2 is 1.70 bits per heavy atom. The van der Waals surface area contributed by atoms with Gasteiger partial charge in [-0.2, -0.15) is 18.3 Å². The van der Waals surface area contributed by atoms with Crippen molar-refractivity contribution >= 4 is 17.4 Å². The van der Waals surface area contributed by atoms with E-state index in [-0.39, 0.29) is 11.6 Å². The molecule has 8 nitrogen and oxygen atoms in total. The molecule has 0 radical (unpaired) electrons. The molecule has 168 valence electrons. The number of para-hydroxylation sites is 1. The molecule has 0 aliphatic carbocycles. The molecular weight excluding hydrogens is 437 g/mol. The maximum absolute atomic E-state index is 13.1. The number of nitrogens with one attached hydrogen (secondary N) is 2. The maximum atomic E-state index is 13.1. The van der Waals surface area contributed by atoms with Gasteiger partial charge in [-0.1, -0.05) is 12.1 Å². The summed E-state index contributed by atoms with van der Waals surface area (Å²) >= 11 is 0. The van der Waals surface area contributed by atoms with Gasteiger partial charge in [0.25, 0.3) is 0 Å². The standard InChI is InChI=1S/C22H17F3N6O2/c1-14-12-13-31(30-14)19-10-11-20(29-28-19)33-16-8-6-15(7-9-16)26-21(32)27-18-5-3-2-4-17(18)22(23,24)25/h2-13H,1H3,(H2,26,27,32). The van der Waals surface area contributed by atoms with E-state index >= 15 is 0 Å². The molecule has 2 N–H and O–H groups in total. The minimum Gasteiger partial charge on any atom is -0.438 e. The van der Waals surface area contributed by atoms with Crippen LogP contribution in [0, 0.1) is 6.92 Å². The van der Waals surface area contributed by atoms with E-state index in [4.69, 9.17) is 4.74 Å². The van der Waals surface area contributed by atoms with E-state index in [0.717, 1.165) is 11.8 Å². The molecule has 0 aliphatic heterocycles. The minimum absolute atomic E-state index is 0.254. The summed E-state index contributed by atoms with van der Waals surface area (Å²) in [6, 6.07) is 15.3. The highest BCUT2D eigenvalue weighted by atomic mass is 19.4. The first-order valence-corrected chi connectivity index (χ1v) is 9.66. The Bertz CT molecular complexity index is 1250. The van der Waals surface area contributed by atoms with E-state index in [1.54, 1.807) is 47.3 Å². The molecule has 33 heavy (non-hydrogen) atoms. The second kappa shape index (κ2) is 8.99. The van der Waals surface area contributed by atoms with Gasteiger partial charge in [0.1, 0.15) is 5.75 Å². The topological polar surface area (TPSA) is 94.0 Å². The van der Waals surface area contributed by atoms with Crippen molar-refractivity contribution in [3.8, 4) is 17.4 Å². The van der Waals surface area contributed by atoms with Gasteiger partial charge in [-0.15, -0.1) is 10.2 Å². The fourth-order valence-electron chi connectivity index (χ4n) is 2.88. The third kappa shape index (κ3) is 5.45. The highest BCUT2D eigenvalue weighted by Crippen LogP contribution is 2.34. The molecule has 0 aliphatic rings. The Morgan fingerprint density at radius 3 is 2.33 bits per heavy atom. The molecule has 4 rings (SSSR count). The summed E-state index contributed by atoms with van der Waals surface area (Å²) in [4.78, 5) is 12.1. The fraction of sp³-hybridized carbons (Fsp3) is 0.0909. The third-order valence-electron chi connectivity index (χ3n) is 4.40. The van der Waals surface area contributed by atoms with Gasteiger partial charge in [-0.3, -0.25) is 0 Å². The van der Waals surface area contributed by atoms with Gasteiger partial charge in [0, 0.05) is 18.0 Å². The largest absolute Gasteiger partial charge is 0.438 e. The molecule has 0 fully saturated rings. The lowest BCUT2D eigenvalue weighted by Gasteiger charge is -2.14. The number of hydrogen-bond donors (Lipinski definition) is 2. The number of aromatic nitrogens is 4. The highest BCUT2D eigenvalue weighted by molar-refractivity contribution is 6.00. The van der Waals surface area contributed by atoms with Crippen LogP contribution in [0.5, 0.6) is 11.6 Å². The Hall–Kier alpha value is -4.41. The van der Waals surface area contributed by atoms with Gasteiger partial charge in [0.15, 0.2) is 5.82 Å². The number of hydrogen-bond acceptors (Lipinski definition) is 5. The lowest BCUT2D eigenvalue weighted by molar-refractivity contribution is -0.136. The first-order valence-electron chi connectivity index (χ1n) is 9.66. The summed E-state index contributed by atoms with van der Waals surface area (Å²) in [5.41, 5.74) is -0.0580. The average Bonchev–Trinajstić information content (AvgIpc) is 3.21. The number of halogens is 3. The van der Waals surface area contributed by atoms with Crippen LogP contribution in [-0.2, 0) is 6.18 Å². The van der Waals surface area contributed by atoms with Gasteiger partial charge in [-0.25, -0.2) is 9.48 Å². The predicted octanol–water partition coefficient (Wildman–Crippen LogP) is 5.43. The predicted molar refractivity (Wildman–Crippen MR) is 114 cm³/mol. The van der Waals surface area contributed by atoms with Crippen molar-refractivity contribution in [1.29, 1.82) is 0 Å². The Labute approximate surface area is 186 Å². The zero-order valence-corrected chi connectivity index (χ0v) is 17.2. The highest BCUT2D eigenvalue weighted by Gasteiger charge is 2.33. The molecular formula is C22H17F3N6O2. The Balaban J connectivity index is 1.36. The first kappa shape index (κ1) is 21.8. The first-order chi connectivity index (χ1) is 15.8. The number of amides is 2. The Morgan fingerprint density at radius 1 is 0.939 bits per heavy atom. The van der Waals surface area contributed by atoms with Gasteiger partial charge in [0.2, 0.25) is 5.88 Å². The van der Waals surface area contributed by atoms with E-state index in [0.29, 0.717) is 17.3 Å². The number of nitrogens with zero attached hydrogens (tertiary/aromatic N) is 4. The number of alkyl halides is 3. The molecule has 2 amide bonds. The van der Waals surface area contributed by atoms with E-state index in [9.17, 15) is 18.0 Å². The molecule has 2 heterocycles. The molecule has 11 heteroatoms. The van der Waals surface area contributed by atoms with Crippen molar-refractivity contribution < 1.29 is 22.7 Å². The van der Waals surface area contributed by atoms with E-state index in [1.165, 1.54) is 18.2 Å². The zero-order chi connectivity index (χ0) is 23.4. The van der Waals surface area contributed by atoms with Crippen LogP contribution in [0.15, 0.2) is 72.9 Å². The van der Waals surface area contributed by atoms with Crippen LogP contribution < -0.4 is 15.4 Å². The number of carbonyl (C=O) groups excluding carboxylic acids is 1. The van der Waals surface area contributed by atoms with Gasteiger partial charge in [0.05, 0.1) is 16.9 Å². The summed E-state index contributed by atoms with van der Waals surface area (Å²) < 4.78 is 46.4. The molecule has 0 saturated heterocycles. The number of anilines is 2. The summed E-state index contributed by atoms with van der Waals surface area (Å²) in [5.74, 6) is 1.22. The molecule has 0 atom stereocenters. The minimum atomic E-state index is -4.58. The quantitative estimate of drug-likeness (QED) is 0.420. The smallest absolute Gasteiger partial charge is 0.418 e. The normalized spacial score (nSPS) is 11.2. The van der Waals surface area contributed by atoms with E-state index in [1.807, 2.05) is 13.0 Å². The van der Waals surface area contributed by atoms with Crippen molar-refractivity contribution in [2.24, 2.45) is 0 Å². The number of carbonyl (C=O) groups is 1. The fourth-order valence-corrected chi connectivity index (χ4v) is 2.88. The molecule has 0 spiro atoms. The summed E-state index contributed by atoms with van der Waals surface area (Å²) in [6.07, 6.45) is -2.81. The molecule has 0 unspecified atom stereocenters.